The van der Waals surface area contributed by atoms with E-state index in [9.17, 15) is 10.2 Å². The normalized spacial score (nSPS) is 17.2. The first kappa shape index (κ1) is 11.8. The van der Waals surface area contributed by atoms with E-state index in [0.29, 0.717) is 17.4 Å². The third-order valence-corrected chi connectivity index (χ3v) is 3.65. The molecule has 19 heavy (non-hydrogen) atoms. The Morgan fingerprint density at radius 1 is 0.947 bits per heavy atom. The minimum atomic E-state index is 0.303. The molecule has 0 heterocycles. The lowest BCUT2D eigenvalue weighted by molar-refractivity contribution is 0.473. The summed E-state index contributed by atoms with van der Waals surface area (Å²) in [5.41, 5.74) is 3.61. The third-order valence-electron chi connectivity index (χ3n) is 3.65. The molecular formula is C17H16O2. The quantitative estimate of drug-likeness (QED) is 0.852. The summed E-state index contributed by atoms with van der Waals surface area (Å²) < 4.78 is 0. The molecule has 0 unspecified atom stereocenters. The minimum absolute atomic E-state index is 0.303. The Morgan fingerprint density at radius 2 is 1.68 bits per heavy atom. The van der Waals surface area contributed by atoms with Crippen molar-refractivity contribution in [1.82, 2.24) is 0 Å². The van der Waals surface area contributed by atoms with Gasteiger partial charge in [-0.25, -0.2) is 0 Å². The Bertz CT molecular complexity index is 612. The van der Waals surface area contributed by atoms with Crippen LogP contribution in [0.1, 0.15) is 29.0 Å². The summed E-state index contributed by atoms with van der Waals surface area (Å²) in [7, 11) is 0. The number of hydrogen-bond acceptors (Lipinski definition) is 2. The van der Waals surface area contributed by atoms with Gasteiger partial charge in [-0.2, -0.15) is 0 Å². The van der Waals surface area contributed by atoms with Gasteiger partial charge >= 0.3 is 0 Å². The number of hydrogen-bond donors (Lipinski definition) is 2. The molecule has 2 nitrogen and oxygen atoms in total. The van der Waals surface area contributed by atoms with E-state index in [4.69, 9.17) is 0 Å². The van der Waals surface area contributed by atoms with Crippen LogP contribution < -0.4 is 0 Å². The summed E-state index contributed by atoms with van der Waals surface area (Å²) in [4.78, 5) is 0. The fourth-order valence-electron chi connectivity index (χ4n) is 2.67. The summed E-state index contributed by atoms with van der Waals surface area (Å²) in [5, 5.41) is 18.8. The van der Waals surface area contributed by atoms with Gasteiger partial charge in [0.15, 0.2) is 0 Å². The van der Waals surface area contributed by atoms with Crippen LogP contribution in [-0.4, -0.2) is 10.2 Å². The van der Waals surface area contributed by atoms with Gasteiger partial charge < -0.3 is 10.2 Å². The first-order valence-corrected chi connectivity index (χ1v) is 6.50. The van der Waals surface area contributed by atoms with Gasteiger partial charge in [-0.05, 0) is 59.7 Å². The molecular weight excluding hydrogens is 236 g/mol. The van der Waals surface area contributed by atoms with Crippen LogP contribution in [0.3, 0.4) is 0 Å². The van der Waals surface area contributed by atoms with Crippen LogP contribution in [0.2, 0.25) is 0 Å². The van der Waals surface area contributed by atoms with Crippen LogP contribution in [-0.2, 0) is 6.42 Å². The predicted molar refractivity (Wildman–Crippen MR) is 76.3 cm³/mol. The van der Waals surface area contributed by atoms with Crippen LogP contribution in [0.5, 0.6) is 11.5 Å². The molecule has 1 atom stereocenters. The number of rotatable bonds is 2. The summed E-state index contributed by atoms with van der Waals surface area (Å²) in [6, 6.07) is 13.0. The third kappa shape index (κ3) is 2.48. The number of benzene rings is 2. The van der Waals surface area contributed by atoms with Gasteiger partial charge in [-0.3, -0.25) is 0 Å². The maximum Gasteiger partial charge on any atom is 0.116 e. The van der Waals surface area contributed by atoms with Gasteiger partial charge in [0.1, 0.15) is 11.5 Å². The van der Waals surface area contributed by atoms with E-state index in [1.807, 2.05) is 24.3 Å². The average molecular weight is 252 g/mol. The predicted octanol–water partition coefficient (Wildman–Crippen LogP) is 3.84. The zero-order valence-electron chi connectivity index (χ0n) is 10.6. The van der Waals surface area contributed by atoms with Gasteiger partial charge in [0.2, 0.25) is 0 Å². The number of phenols is 2. The molecule has 3 rings (SSSR count). The molecule has 0 aliphatic heterocycles. The molecule has 0 saturated carbocycles. The molecule has 96 valence electrons. The van der Waals surface area contributed by atoms with Crippen LogP contribution in [0.15, 0.2) is 48.5 Å². The number of phenolic OH excluding ortho intramolecular Hbond substituents is 2. The van der Waals surface area contributed by atoms with Gasteiger partial charge in [-0.1, -0.05) is 30.4 Å². The highest BCUT2D eigenvalue weighted by Crippen LogP contribution is 2.34. The monoisotopic (exact) mass is 252 g/mol. The van der Waals surface area contributed by atoms with Gasteiger partial charge in [0, 0.05) is 0 Å². The molecule has 1 aliphatic carbocycles. The lowest BCUT2D eigenvalue weighted by Crippen LogP contribution is -2.07. The standard InChI is InChI=1S/C17H16O2/c18-15-6-4-12(5-7-15)10-13-2-1-3-14-11-16(19)8-9-17(13)14/h1,3-9,11,13,18-19H,2,10H2/t13-/m1/s1. The smallest absolute Gasteiger partial charge is 0.116 e. The van der Waals surface area contributed by atoms with Crippen molar-refractivity contribution in [2.45, 2.75) is 18.8 Å². The highest BCUT2D eigenvalue weighted by Gasteiger charge is 2.17. The number of allylic oxidation sites excluding steroid dienone is 1. The zero-order chi connectivity index (χ0) is 13.2. The van der Waals surface area contributed by atoms with Crippen molar-refractivity contribution >= 4 is 6.08 Å². The SMILES string of the molecule is Oc1ccc(C[C@H]2CC=Cc3cc(O)ccc32)cc1. The molecule has 2 aromatic carbocycles. The minimum Gasteiger partial charge on any atom is -0.508 e. The Balaban J connectivity index is 1.87. The van der Waals surface area contributed by atoms with Gasteiger partial charge in [0.25, 0.3) is 0 Å². The topological polar surface area (TPSA) is 40.5 Å². The largest absolute Gasteiger partial charge is 0.508 e. The van der Waals surface area contributed by atoms with Crippen molar-refractivity contribution in [3.8, 4) is 11.5 Å². The maximum atomic E-state index is 9.53. The Kier molecular flexibility index (Phi) is 3.00. The Morgan fingerprint density at radius 3 is 2.47 bits per heavy atom. The van der Waals surface area contributed by atoms with Crippen molar-refractivity contribution < 1.29 is 10.2 Å². The summed E-state index contributed by atoms with van der Waals surface area (Å²) in [6.45, 7) is 0. The van der Waals surface area contributed by atoms with E-state index in [-0.39, 0.29) is 0 Å². The van der Waals surface area contributed by atoms with Crippen molar-refractivity contribution in [1.29, 1.82) is 0 Å². The van der Waals surface area contributed by atoms with E-state index in [1.165, 1.54) is 11.1 Å². The molecule has 0 amide bonds. The van der Waals surface area contributed by atoms with E-state index < -0.39 is 0 Å². The highest BCUT2D eigenvalue weighted by atomic mass is 16.3. The van der Waals surface area contributed by atoms with E-state index >= 15 is 0 Å². The number of fused-ring (bicyclic) bond motifs is 1. The second-order valence-electron chi connectivity index (χ2n) is 5.02. The maximum absolute atomic E-state index is 9.53. The van der Waals surface area contributed by atoms with Crippen LogP contribution in [0, 0.1) is 0 Å². The summed E-state index contributed by atoms with van der Waals surface area (Å²) in [6.07, 6.45) is 6.19. The van der Waals surface area contributed by atoms with E-state index in [2.05, 4.69) is 12.2 Å². The Labute approximate surface area is 112 Å². The lowest BCUT2D eigenvalue weighted by atomic mass is 9.83. The molecule has 0 bridgehead atoms. The van der Waals surface area contributed by atoms with E-state index in [0.717, 1.165) is 18.4 Å². The lowest BCUT2D eigenvalue weighted by Gasteiger charge is -2.22. The highest BCUT2D eigenvalue weighted by molar-refractivity contribution is 5.60. The first-order valence-electron chi connectivity index (χ1n) is 6.50. The zero-order valence-corrected chi connectivity index (χ0v) is 10.6. The fourth-order valence-corrected chi connectivity index (χ4v) is 2.67. The van der Waals surface area contributed by atoms with E-state index in [1.54, 1.807) is 18.2 Å². The van der Waals surface area contributed by atoms with Crippen LogP contribution >= 0.6 is 0 Å². The number of aromatic hydroxyl groups is 2. The molecule has 0 radical (unpaired) electrons. The van der Waals surface area contributed by atoms with Crippen molar-refractivity contribution in [2.75, 3.05) is 0 Å². The Hall–Kier alpha value is -2.22. The molecule has 2 N–H and O–H groups in total. The van der Waals surface area contributed by atoms with Crippen molar-refractivity contribution in [3.63, 3.8) is 0 Å². The van der Waals surface area contributed by atoms with Crippen LogP contribution in [0.25, 0.3) is 6.08 Å². The van der Waals surface area contributed by atoms with Crippen molar-refractivity contribution in [2.24, 2.45) is 0 Å². The second kappa shape index (κ2) is 4.81. The van der Waals surface area contributed by atoms with Crippen LogP contribution in [0.4, 0.5) is 0 Å². The molecule has 2 heteroatoms. The first-order chi connectivity index (χ1) is 9.22. The molecule has 1 aliphatic rings. The molecule has 0 fully saturated rings. The van der Waals surface area contributed by atoms with Gasteiger partial charge in [0.05, 0.1) is 0 Å². The second-order valence-corrected chi connectivity index (χ2v) is 5.02. The van der Waals surface area contributed by atoms with Crippen molar-refractivity contribution in [3.05, 3.63) is 65.2 Å². The molecule has 0 saturated heterocycles. The molecule has 0 spiro atoms. The molecule has 2 aromatic rings. The fraction of sp³-hybridized carbons (Fsp3) is 0.176. The summed E-state index contributed by atoms with van der Waals surface area (Å²) >= 11 is 0. The van der Waals surface area contributed by atoms with Gasteiger partial charge in [-0.15, -0.1) is 0 Å². The molecule has 0 aromatic heterocycles. The summed E-state index contributed by atoms with van der Waals surface area (Å²) in [5.74, 6) is 1.05. The average Bonchev–Trinajstić information content (AvgIpc) is 2.41.